The van der Waals surface area contributed by atoms with E-state index in [1.54, 1.807) is 11.1 Å². The first-order valence-electron chi connectivity index (χ1n) is 7.63. The molecule has 0 unspecified atom stereocenters. The molecule has 19 heavy (non-hydrogen) atoms. The first kappa shape index (κ1) is 14.4. The highest BCUT2D eigenvalue weighted by molar-refractivity contribution is 5.46. The summed E-state index contributed by atoms with van der Waals surface area (Å²) in [5.74, 6) is 1.13. The Balaban J connectivity index is 2.15. The van der Waals surface area contributed by atoms with E-state index in [1.807, 2.05) is 0 Å². The van der Waals surface area contributed by atoms with Crippen LogP contribution in [0.15, 0.2) is 12.1 Å². The molecule has 1 aliphatic carbocycles. The summed E-state index contributed by atoms with van der Waals surface area (Å²) in [7, 11) is 4.29. The smallest absolute Gasteiger partial charge is 0.122 e. The Morgan fingerprint density at radius 3 is 2.53 bits per heavy atom. The van der Waals surface area contributed by atoms with Crippen molar-refractivity contribution in [3.63, 3.8) is 0 Å². The van der Waals surface area contributed by atoms with Gasteiger partial charge < -0.3 is 9.64 Å². The molecule has 0 bridgehead atoms. The lowest BCUT2D eigenvalue weighted by Crippen LogP contribution is -2.15. The fraction of sp³-hybridized carbons (Fsp3) is 0.647. The lowest BCUT2D eigenvalue weighted by molar-refractivity contribution is 0.334. The van der Waals surface area contributed by atoms with Gasteiger partial charge in [0.05, 0.1) is 6.61 Å². The number of hydrogen-bond acceptors (Lipinski definition) is 2. The minimum atomic E-state index is 0.770. The molecule has 0 aromatic heterocycles. The molecule has 1 aliphatic rings. The van der Waals surface area contributed by atoms with Crippen LogP contribution in [0.4, 0.5) is 0 Å². The molecule has 0 saturated carbocycles. The topological polar surface area (TPSA) is 12.5 Å². The minimum Gasteiger partial charge on any atom is -0.494 e. The molecule has 0 saturated heterocycles. The Morgan fingerprint density at radius 2 is 1.84 bits per heavy atom. The average Bonchev–Trinajstić information content (AvgIpc) is 2.41. The van der Waals surface area contributed by atoms with Crippen molar-refractivity contribution in [2.24, 2.45) is 0 Å². The predicted octanol–water partition coefficient (Wildman–Crippen LogP) is 3.46. The van der Waals surface area contributed by atoms with Crippen molar-refractivity contribution < 1.29 is 4.74 Å². The van der Waals surface area contributed by atoms with Gasteiger partial charge in [0, 0.05) is 0 Å². The summed E-state index contributed by atoms with van der Waals surface area (Å²) in [6, 6.07) is 4.49. The summed E-state index contributed by atoms with van der Waals surface area (Å²) in [4.78, 5) is 2.26. The van der Waals surface area contributed by atoms with Gasteiger partial charge in [-0.15, -0.1) is 0 Å². The predicted molar refractivity (Wildman–Crippen MR) is 81.1 cm³/mol. The third kappa shape index (κ3) is 3.73. The molecule has 0 N–H and O–H groups in total. The number of ether oxygens (including phenoxy) is 1. The first-order valence-corrected chi connectivity index (χ1v) is 7.63. The van der Waals surface area contributed by atoms with E-state index in [0.717, 1.165) is 12.4 Å². The van der Waals surface area contributed by atoms with Crippen molar-refractivity contribution >= 4 is 0 Å². The highest BCUT2D eigenvalue weighted by Gasteiger charge is 2.17. The van der Waals surface area contributed by atoms with Crippen LogP contribution >= 0.6 is 0 Å². The SMILES string of the molecule is CCOc1ccc(CCCN(C)C)c2c1CCCC2. The number of nitrogens with zero attached hydrogens (tertiary/aromatic N) is 1. The molecular formula is C17H27NO. The van der Waals surface area contributed by atoms with Crippen LogP contribution in [0.5, 0.6) is 5.75 Å². The van der Waals surface area contributed by atoms with E-state index in [1.165, 1.54) is 50.6 Å². The quantitative estimate of drug-likeness (QED) is 0.777. The highest BCUT2D eigenvalue weighted by atomic mass is 16.5. The van der Waals surface area contributed by atoms with Gasteiger partial charge in [0.15, 0.2) is 0 Å². The maximum atomic E-state index is 5.79. The summed E-state index contributed by atoms with van der Waals surface area (Å²) in [6.07, 6.45) is 7.54. The minimum absolute atomic E-state index is 0.770. The maximum Gasteiger partial charge on any atom is 0.122 e. The number of benzene rings is 1. The van der Waals surface area contributed by atoms with E-state index >= 15 is 0 Å². The fourth-order valence-electron chi connectivity index (χ4n) is 3.02. The van der Waals surface area contributed by atoms with Crippen LogP contribution < -0.4 is 4.74 Å². The lowest BCUT2D eigenvalue weighted by Gasteiger charge is -2.23. The number of fused-ring (bicyclic) bond motifs is 1. The van der Waals surface area contributed by atoms with Crippen molar-refractivity contribution in [2.45, 2.75) is 45.4 Å². The van der Waals surface area contributed by atoms with Crippen molar-refractivity contribution in [3.05, 3.63) is 28.8 Å². The number of rotatable bonds is 6. The largest absolute Gasteiger partial charge is 0.494 e. The Labute approximate surface area is 117 Å². The molecule has 1 aromatic carbocycles. The zero-order chi connectivity index (χ0) is 13.7. The molecule has 0 heterocycles. The summed E-state index contributed by atoms with van der Waals surface area (Å²) >= 11 is 0. The zero-order valence-corrected chi connectivity index (χ0v) is 12.7. The Hall–Kier alpha value is -1.02. The second-order valence-electron chi connectivity index (χ2n) is 5.73. The average molecular weight is 261 g/mol. The monoisotopic (exact) mass is 261 g/mol. The van der Waals surface area contributed by atoms with E-state index in [4.69, 9.17) is 4.74 Å². The summed E-state index contributed by atoms with van der Waals surface area (Å²) in [5, 5.41) is 0. The molecule has 0 amide bonds. The highest BCUT2D eigenvalue weighted by Crippen LogP contribution is 2.32. The first-order chi connectivity index (χ1) is 9.22. The molecule has 2 nitrogen and oxygen atoms in total. The molecule has 1 aromatic rings. The van der Waals surface area contributed by atoms with E-state index in [2.05, 4.69) is 38.1 Å². The Bertz CT molecular complexity index is 412. The van der Waals surface area contributed by atoms with Gasteiger partial charge in [0.25, 0.3) is 0 Å². The van der Waals surface area contributed by atoms with Crippen molar-refractivity contribution in [1.82, 2.24) is 4.90 Å². The Kier molecular flexibility index (Phi) is 5.26. The number of hydrogen-bond donors (Lipinski definition) is 0. The fourth-order valence-corrected chi connectivity index (χ4v) is 3.02. The molecule has 0 atom stereocenters. The summed E-state index contributed by atoms with van der Waals surface area (Å²) in [6.45, 7) is 4.01. The van der Waals surface area contributed by atoms with E-state index in [9.17, 15) is 0 Å². The van der Waals surface area contributed by atoms with Crippen LogP contribution in [-0.2, 0) is 19.3 Å². The molecule has 0 fully saturated rings. The molecule has 0 radical (unpaired) electrons. The zero-order valence-electron chi connectivity index (χ0n) is 12.7. The van der Waals surface area contributed by atoms with Crippen molar-refractivity contribution in [3.8, 4) is 5.75 Å². The van der Waals surface area contributed by atoms with Gasteiger partial charge in [-0.2, -0.15) is 0 Å². The van der Waals surface area contributed by atoms with E-state index in [-0.39, 0.29) is 0 Å². The van der Waals surface area contributed by atoms with Crippen LogP contribution in [0.1, 0.15) is 42.9 Å². The van der Waals surface area contributed by atoms with Crippen molar-refractivity contribution in [2.75, 3.05) is 27.2 Å². The molecule has 106 valence electrons. The lowest BCUT2D eigenvalue weighted by atomic mass is 9.86. The molecular weight excluding hydrogens is 234 g/mol. The Morgan fingerprint density at radius 1 is 1.11 bits per heavy atom. The van der Waals surface area contributed by atoms with Gasteiger partial charge in [-0.1, -0.05) is 6.07 Å². The second kappa shape index (κ2) is 6.95. The van der Waals surface area contributed by atoms with Crippen LogP contribution in [0.25, 0.3) is 0 Å². The second-order valence-corrected chi connectivity index (χ2v) is 5.73. The molecule has 2 rings (SSSR count). The van der Waals surface area contributed by atoms with Gasteiger partial charge in [-0.05, 0) is 88.8 Å². The molecule has 0 aliphatic heterocycles. The number of aryl methyl sites for hydroxylation is 1. The third-order valence-corrected chi connectivity index (χ3v) is 3.94. The maximum absolute atomic E-state index is 5.79. The van der Waals surface area contributed by atoms with Crippen LogP contribution in [0, 0.1) is 0 Å². The van der Waals surface area contributed by atoms with E-state index in [0.29, 0.717) is 0 Å². The standard InChI is InChI=1S/C17H27NO/c1-4-19-17-12-11-14(8-7-13-18(2)3)15-9-5-6-10-16(15)17/h11-12H,4-10,13H2,1-3H3. The molecule has 0 spiro atoms. The van der Waals surface area contributed by atoms with Crippen LogP contribution in [-0.4, -0.2) is 32.1 Å². The summed E-state index contributed by atoms with van der Waals surface area (Å²) in [5.41, 5.74) is 4.64. The van der Waals surface area contributed by atoms with Crippen molar-refractivity contribution in [1.29, 1.82) is 0 Å². The normalized spacial score (nSPS) is 14.5. The van der Waals surface area contributed by atoms with E-state index < -0.39 is 0 Å². The molecule has 2 heteroatoms. The van der Waals surface area contributed by atoms with Crippen LogP contribution in [0.3, 0.4) is 0 Å². The van der Waals surface area contributed by atoms with Gasteiger partial charge >= 0.3 is 0 Å². The van der Waals surface area contributed by atoms with Gasteiger partial charge in [0.1, 0.15) is 5.75 Å². The van der Waals surface area contributed by atoms with Gasteiger partial charge in [-0.3, -0.25) is 0 Å². The van der Waals surface area contributed by atoms with Crippen LogP contribution in [0.2, 0.25) is 0 Å². The van der Waals surface area contributed by atoms with Gasteiger partial charge in [0.2, 0.25) is 0 Å². The summed E-state index contributed by atoms with van der Waals surface area (Å²) < 4.78 is 5.79. The van der Waals surface area contributed by atoms with Gasteiger partial charge in [-0.25, -0.2) is 0 Å². The third-order valence-electron chi connectivity index (χ3n) is 3.94.